The fraction of sp³-hybridized carbons (Fsp3) is 0.507. The van der Waals surface area contributed by atoms with Crippen molar-refractivity contribution >= 4 is 172 Å². The van der Waals surface area contributed by atoms with E-state index >= 15 is 0 Å². The Labute approximate surface area is 665 Å². The fourth-order valence-electron chi connectivity index (χ4n) is 11.3. The van der Waals surface area contributed by atoms with Crippen LogP contribution in [-0.2, 0) is 89.7 Å². The van der Waals surface area contributed by atoms with Crippen molar-refractivity contribution in [3.05, 3.63) is 72.1 Å². The molecule has 2 aromatic carbocycles. The number of carboxylic acid groups (broad SMARTS) is 2. The molecule has 14 amide bonds. The SMILES string of the molecule is C[C@@H]1NC(=O)C(CC(=O)O)NC(=O)CNC(=O)[C@H](CCCCN=C(N)N)NC(=O)CCSSC[C@@H](C(N)=O)NC(=O)[C@H](C)N(CCc2c[nH]c3ccccc23)C1=O.C[C@@H]1NC(=O)[C@H](CC(=O)O)NC(=O)CNC(=O)[C@H](CCCCN=C(N)N)NC(=O)CCSSC[C@@H](C(N)=O)NC(=O)[C@H](C)N(Cc2c[nH]c3ccccc23)C1=O. The molecule has 2 aliphatic rings. The van der Waals surface area contributed by atoms with Crippen LogP contribution in [0.1, 0.15) is 103 Å². The smallest absolute Gasteiger partial charge is 0.305 e. The molecule has 0 radical (unpaired) electrons. The van der Waals surface area contributed by atoms with Gasteiger partial charge in [-0.15, -0.1) is 0 Å². The number of aliphatic imine (C=N–C) groups is 2. The number of benzene rings is 2. The number of nitrogens with one attached hydrogen (secondary N) is 12. The number of nitrogens with zero attached hydrogens (tertiary/aromatic N) is 4. The number of aromatic amines is 2. The van der Waals surface area contributed by atoms with Gasteiger partial charge in [-0.2, -0.15) is 0 Å². The second kappa shape index (κ2) is 47.4. The Bertz CT molecular complexity index is 4100. The predicted molar refractivity (Wildman–Crippen MR) is 425 cm³/mol. The lowest BCUT2D eigenvalue weighted by Gasteiger charge is -2.32. The molecule has 4 aromatic rings. The summed E-state index contributed by atoms with van der Waals surface area (Å²) in [6.07, 6.45) is 4.06. The first-order valence-corrected chi connectivity index (χ1v) is 40.9. The summed E-state index contributed by atoms with van der Waals surface area (Å²) in [7, 11) is 4.82. The average Bonchev–Trinajstić information content (AvgIpc) is 1.73. The highest BCUT2D eigenvalue weighted by molar-refractivity contribution is 8.77. The molecule has 26 N–H and O–H groups in total. The standard InChI is InChI=1S/C35H51N11O9S2.C34H49N11O9S2/c1-19-34(55)46(13-10-21-16-40-23-8-4-3-7-22(21)23)20(2)31(52)45-26(30(36)51)18-57-56-14-11-27(47)43-24(9-5-6-12-39-35(37)38)32(53)41-17-28(48)44-25(15-29(49)50)33(54)42-19;1-18-33(54)45(16-20-14-39-22-8-4-3-7-21(20)22)19(2)30(51)44-25(29(35)50)17-56-55-12-10-26(46)42-23(9-5-6-11-38-34(36)37)31(52)40-15-27(47)43-24(13-28(48)49)32(53)41-18/h3-4,7-8,16,19-20,24-26,40H,5-6,9-15,17-18H2,1-2H3,(H2,36,51)(H,41,53)(H,42,54)(H,43,47)(H,44,48)(H,45,52)(H,49,50)(H4,37,38,39);3-4,7-8,14,18-19,23-25,39H,5-6,9-13,15-17H2,1-2H3,(H2,35,50)(H,40,52)(H,41,53)(H,42,46)(H,43,47)(H,44,51)(H,48,49)(H4,36,37,38)/t19-,20-,24-,25?,26-;18-,19-,23-,24-,25-/m00/s1. The molecule has 2 fully saturated rings. The lowest BCUT2D eigenvalue weighted by atomic mass is 10.1. The Morgan fingerprint density at radius 2 is 0.850 bits per heavy atom. The Kier molecular flexibility index (Phi) is 38.8. The molecule has 0 bridgehead atoms. The largest absolute Gasteiger partial charge is 0.481 e. The summed E-state index contributed by atoms with van der Waals surface area (Å²) >= 11 is 0. The number of rotatable bonds is 21. The predicted octanol–water partition coefficient (Wildman–Crippen LogP) is -3.66. The zero-order valence-electron chi connectivity index (χ0n) is 62.7. The third-order valence-electron chi connectivity index (χ3n) is 17.4. The van der Waals surface area contributed by atoms with Crippen molar-refractivity contribution in [1.82, 2.24) is 72.9 Å². The summed E-state index contributed by atoms with van der Waals surface area (Å²) in [5.41, 5.74) is 35.8. The van der Waals surface area contributed by atoms with E-state index in [2.05, 4.69) is 73.1 Å². The van der Waals surface area contributed by atoms with E-state index in [1.807, 2.05) is 42.5 Å². The van der Waals surface area contributed by atoms with Gasteiger partial charge in [-0.3, -0.25) is 86.7 Å². The molecular formula is C69H100N22O18S4. The maximum atomic E-state index is 14.1. The highest BCUT2D eigenvalue weighted by Crippen LogP contribution is 2.26. The highest BCUT2D eigenvalue weighted by Gasteiger charge is 2.37. The Balaban J connectivity index is 0.000000404. The van der Waals surface area contributed by atoms with Gasteiger partial charge in [0, 0.05) is 96.2 Å². The minimum Gasteiger partial charge on any atom is -0.481 e. The topological polar surface area (TPSA) is 653 Å². The number of aromatic nitrogens is 2. The molecule has 0 aliphatic carbocycles. The van der Waals surface area contributed by atoms with E-state index in [-0.39, 0.29) is 93.2 Å². The zero-order chi connectivity index (χ0) is 83.4. The third kappa shape index (κ3) is 31.9. The number of guanidine groups is 2. The van der Waals surface area contributed by atoms with Crippen LogP contribution in [0, 0.1) is 0 Å². The third-order valence-corrected chi connectivity index (χ3v) is 22.2. The lowest BCUT2D eigenvalue weighted by molar-refractivity contribution is -0.144. The number of nitrogens with two attached hydrogens (primary N) is 6. The van der Waals surface area contributed by atoms with Crippen LogP contribution < -0.4 is 87.6 Å². The van der Waals surface area contributed by atoms with Gasteiger partial charge in [-0.25, -0.2) is 0 Å². The van der Waals surface area contributed by atoms with Crippen LogP contribution in [0.25, 0.3) is 21.8 Å². The molecule has 2 saturated heterocycles. The number of fused-ring (bicyclic) bond motifs is 2. The monoisotopic (exact) mass is 1650 g/mol. The normalized spacial score (nSPS) is 22.8. The van der Waals surface area contributed by atoms with Crippen LogP contribution in [0.5, 0.6) is 0 Å². The summed E-state index contributed by atoms with van der Waals surface area (Å²) in [5, 5.41) is 45.5. The van der Waals surface area contributed by atoms with Crippen LogP contribution in [0.2, 0.25) is 0 Å². The van der Waals surface area contributed by atoms with Gasteiger partial charge in [0.2, 0.25) is 82.7 Å². The van der Waals surface area contributed by atoms with Crippen molar-refractivity contribution < 1.29 is 86.9 Å². The fourth-order valence-corrected chi connectivity index (χ4v) is 15.6. The molecule has 1 unspecified atom stereocenters. The molecule has 6 rings (SSSR count). The van der Waals surface area contributed by atoms with Gasteiger partial charge < -0.3 is 118 Å². The van der Waals surface area contributed by atoms with Crippen LogP contribution in [0.3, 0.4) is 0 Å². The number of aliphatic carboxylic acids is 2. The molecule has 40 nitrogen and oxygen atoms in total. The number of para-hydroxylation sites is 2. The Morgan fingerprint density at radius 1 is 0.460 bits per heavy atom. The van der Waals surface area contributed by atoms with Gasteiger partial charge in [0.1, 0.15) is 60.4 Å². The number of primary amides is 2. The summed E-state index contributed by atoms with van der Waals surface area (Å²) in [6.45, 7) is 4.68. The second-order valence-electron chi connectivity index (χ2n) is 26.1. The van der Waals surface area contributed by atoms with Gasteiger partial charge in [0.05, 0.1) is 25.9 Å². The first kappa shape index (κ1) is 92.6. The number of hydrogen-bond acceptors (Lipinski definition) is 22. The van der Waals surface area contributed by atoms with E-state index in [1.165, 1.54) is 80.7 Å². The molecule has 4 heterocycles. The molecule has 618 valence electrons. The molecular weight excluding hydrogens is 1550 g/mol. The van der Waals surface area contributed by atoms with Crippen molar-refractivity contribution in [1.29, 1.82) is 0 Å². The average molecular weight is 1650 g/mol. The van der Waals surface area contributed by atoms with Crippen molar-refractivity contribution in [2.75, 3.05) is 55.7 Å². The van der Waals surface area contributed by atoms with Crippen molar-refractivity contribution in [2.45, 2.75) is 165 Å². The van der Waals surface area contributed by atoms with E-state index in [1.54, 1.807) is 18.5 Å². The maximum absolute atomic E-state index is 14.1. The summed E-state index contributed by atoms with van der Waals surface area (Å²) < 4.78 is 0. The zero-order valence-corrected chi connectivity index (χ0v) is 66.0. The number of carboxylic acids is 2. The first-order chi connectivity index (χ1) is 53.6. The van der Waals surface area contributed by atoms with Crippen molar-refractivity contribution in [2.24, 2.45) is 44.4 Å². The number of carbonyl (C=O) groups excluding carboxylic acids is 14. The summed E-state index contributed by atoms with van der Waals surface area (Å²) in [6, 6.07) is 1.95. The summed E-state index contributed by atoms with van der Waals surface area (Å²) in [4.78, 5) is 225. The van der Waals surface area contributed by atoms with E-state index < -0.39 is 181 Å². The van der Waals surface area contributed by atoms with Crippen LogP contribution in [-0.4, -0.2) is 253 Å². The maximum Gasteiger partial charge on any atom is 0.305 e. The van der Waals surface area contributed by atoms with Crippen LogP contribution in [0.4, 0.5) is 0 Å². The quantitative estimate of drug-likeness (QED) is 0.0165. The van der Waals surface area contributed by atoms with Crippen molar-refractivity contribution in [3.8, 4) is 0 Å². The summed E-state index contributed by atoms with van der Waals surface area (Å²) in [5.74, 6) is -13.3. The number of hydrogen-bond donors (Lipinski definition) is 20. The second-order valence-corrected chi connectivity index (χ2v) is 31.4. The van der Waals surface area contributed by atoms with Crippen LogP contribution >= 0.6 is 43.2 Å². The van der Waals surface area contributed by atoms with Crippen LogP contribution in [0.15, 0.2) is 70.9 Å². The van der Waals surface area contributed by atoms with E-state index in [4.69, 9.17) is 34.4 Å². The van der Waals surface area contributed by atoms with E-state index in [9.17, 15) is 86.9 Å². The number of carbonyl (C=O) groups is 16. The minimum absolute atomic E-state index is 0.00433. The van der Waals surface area contributed by atoms with Gasteiger partial charge in [-0.1, -0.05) is 79.6 Å². The molecule has 2 aliphatic heterocycles. The van der Waals surface area contributed by atoms with Crippen molar-refractivity contribution in [3.63, 3.8) is 0 Å². The highest BCUT2D eigenvalue weighted by atomic mass is 33.1. The van der Waals surface area contributed by atoms with Gasteiger partial charge in [-0.05, 0) is 95.9 Å². The Morgan fingerprint density at radius 3 is 1.27 bits per heavy atom. The number of H-pyrrole nitrogens is 2. The molecule has 10 atom stereocenters. The molecule has 2 aromatic heterocycles. The first-order valence-electron chi connectivity index (χ1n) is 35.9. The lowest BCUT2D eigenvalue weighted by Crippen LogP contribution is -2.59. The van der Waals surface area contributed by atoms with E-state index in [0.717, 1.165) is 27.4 Å². The molecule has 113 heavy (non-hydrogen) atoms. The Hall–Kier alpha value is -11.0. The molecule has 0 saturated carbocycles. The molecule has 44 heteroatoms. The number of amides is 14. The molecule has 0 spiro atoms. The van der Waals surface area contributed by atoms with Gasteiger partial charge in [0.25, 0.3) is 0 Å². The van der Waals surface area contributed by atoms with Gasteiger partial charge in [0.15, 0.2) is 11.9 Å². The van der Waals surface area contributed by atoms with E-state index in [0.29, 0.717) is 31.2 Å². The number of unbranched alkanes of at least 4 members (excludes halogenated alkanes) is 2. The van der Waals surface area contributed by atoms with Gasteiger partial charge >= 0.3 is 11.9 Å². The minimum atomic E-state index is -1.67.